The van der Waals surface area contributed by atoms with Crippen LogP contribution in [-0.4, -0.2) is 59.8 Å². The molecule has 2 bridgehead atoms. The molecule has 1 aliphatic heterocycles. The third-order valence-corrected chi connectivity index (χ3v) is 8.62. The van der Waals surface area contributed by atoms with Crippen molar-refractivity contribution in [1.29, 1.82) is 0 Å². The zero-order valence-electron chi connectivity index (χ0n) is 23.3. The van der Waals surface area contributed by atoms with Gasteiger partial charge in [0.25, 0.3) is 17.7 Å². The molecule has 2 atom stereocenters. The van der Waals surface area contributed by atoms with E-state index in [1.54, 1.807) is 6.08 Å². The number of rotatable bonds is 8. The third-order valence-electron chi connectivity index (χ3n) is 8.00. The van der Waals surface area contributed by atoms with Crippen LogP contribution in [0.15, 0.2) is 66.2 Å². The summed E-state index contributed by atoms with van der Waals surface area (Å²) in [5, 5.41) is 5.47. The van der Waals surface area contributed by atoms with Gasteiger partial charge >= 0.3 is 6.36 Å². The Hall–Kier alpha value is -3.97. The van der Waals surface area contributed by atoms with Gasteiger partial charge in [-0.25, -0.2) is 4.39 Å². The van der Waals surface area contributed by atoms with Crippen molar-refractivity contribution in [3.05, 3.63) is 76.8 Å². The Morgan fingerprint density at radius 1 is 1.04 bits per heavy atom. The Labute approximate surface area is 264 Å². The average molecular weight is 670 g/mol. The highest BCUT2D eigenvalue weighted by atomic mass is 35.5. The average Bonchev–Trinajstić information content (AvgIpc) is 2.94. The normalized spacial score (nSPS) is 26.5. The predicted octanol–water partition coefficient (Wildman–Crippen LogP) is 5.32. The zero-order valence-corrected chi connectivity index (χ0v) is 24.8. The van der Waals surface area contributed by atoms with E-state index in [-0.39, 0.29) is 42.6 Å². The smallest absolute Gasteiger partial charge is 0.484 e. The van der Waals surface area contributed by atoms with Gasteiger partial charge in [0.05, 0.1) is 17.6 Å². The van der Waals surface area contributed by atoms with Crippen LogP contribution in [0.4, 0.5) is 23.2 Å². The molecule has 0 spiro atoms. The Balaban J connectivity index is 1.06. The number of ether oxygens (including phenoxy) is 3. The second kappa shape index (κ2) is 11.4. The van der Waals surface area contributed by atoms with Crippen LogP contribution in [0.5, 0.6) is 11.5 Å². The first kappa shape index (κ1) is 31.0. The van der Waals surface area contributed by atoms with Crippen molar-refractivity contribution >= 4 is 46.6 Å². The lowest BCUT2D eigenvalue weighted by Crippen LogP contribution is -2.84. The first-order chi connectivity index (χ1) is 21.2. The molecule has 2 unspecified atom stereocenters. The van der Waals surface area contributed by atoms with Gasteiger partial charge in [-0.05, 0) is 74.2 Å². The molecule has 238 valence electrons. The minimum absolute atomic E-state index is 0.0572. The van der Waals surface area contributed by atoms with Crippen LogP contribution in [0.2, 0.25) is 5.02 Å². The summed E-state index contributed by atoms with van der Waals surface area (Å²) in [7, 11) is 0. The van der Waals surface area contributed by atoms with E-state index in [4.69, 9.17) is 32.7 Å². The van der Waals surface area contributed by atoms with Gasteiger partial charge in [-0.15, -0.1) is 24.8 Å². The third kappa shape index (κ3) is 6.55. The fourth-order valence-electron chi connectivity index (χ4n) is 6.13. The molecule has 3 saturated carbocycles. The summed E-state index contributed by atoms with van der Waals surface area (Å²) < 4.78 is 66.5. The number of fused-ring (bicyclic) bond motifs is 1. The fraction of sp³-hybridized carbons (Fsp3) is 0.367. The number of nitrogens with one attached hydrogen (secondary N) is 2. The monoisotopic (exact) mass is 669 g/mol. The molecule has 9 nitrogen and oxygen atoms in total. The quantitative estimate of drug-likeness (QED) is 0.291. The summed E-state index contributed by atoms with van der Waals surface area (Å²) in [4.78, 5) is 40.6. The van der Waals surface area contributed by atoms with E-state index >= 15 is 0 Å². The number of amides is 3. The minimum Gasteiger partial charge on any atom is -0.484 e. The molecule has 3 fully saturated rings. The number of anilines is 1. The second-order valence-corrected chi connectivity index (χ2v) is 12.4. The number of hydrogen-bond acceptors (Lipinski definition) is 6. The number of halogens is 6. The van der Waals surface area contributed by atoms with E-state index < -0.39 is 52.3 Å². The molecule has 0 radical (unpaired) electrons. The van der Waals surface area contributed by atoms with Crippen LogP contribution in [0.25, 0.3) is 0 Å². The summed E-state index contributed by atoms with van der Waals surface area (Å²) in [6.07, 6.45) is -1.52. The standard InChI is InChI=1S/C30H25Cl2F4N3O6/c31-17-3-8-23-22(9-17)39(27(42)16-1-4-18(5-2-16)45-30(34,35)36)11-24(44-23)26(41)38-29-13-28(14-29,15-29)37-25(40)12-43-19-6-7-20(32)21(33)10-19/h1-6,8-10,20,24H,7,11-15H2,(H,37,40)(H,38,41). The molecule has 15 heteroatoms. The van der Waals surface area contributed by atoms with Crippen molar-refractivity contribution in [3.63, 3.8) is 0 Å². The van der Waals surface area contributed by atoms with Crippen LogP contribution in [0.3, 0.4) is 0 Å². The molecule has 2 N–H and O–H groups in total. The molecular formula is C30H25Cl2F4N3O6. The molecule has 45 heavy (non-hydrogen) atoms. The molecule has 5 aliphatic rings. The van der Waals surface area contributed by atoms with Crippen LogP contribution < -0.4 is 25.0 Å². The van der Waals surface area contributed by atoms with Gasteiger partial charge in [0.1, 0.15) is 23.1 Å². The maximum atomic E-state index is 13.7. The van der Waals surface area contributed by atoms with E-state index in [1.165, 1.54) is 35.2 Å². The van der Waals surface area contributed by atoms with Crippen molar-refractivity contribution in [3.8, 4) is 11.5 Å². The predicted molar refractivity (Wildman–Crippen MR) is 154 cm³/mol. The first-order valence-corrected chi connectivity index (χ1v) is 14.6. The lowest BCUT2D eigenvalue weighted by atomic mass is 9.44. The number of carbonyl (C=O) groups excluding carboxylic acids is 3. The van der Waals surface area contributed by atoms with Gasteiger partial charge in [0.2, 0.25) is 0 Å². The van der Waals surface area contributed by atoms with E-state index in [9.17, 15) is 31.9 Å². The molecule has 4 aliphatic carbocycles. The van der Waals surface area contributed by atoms with E-state index in [0.29, 0.717) is 30.0 Å². The lowest BCUT2D eigenvalue weighted by molar-refractivity contribution is -0.274. The summed E-state index contributed by atoms with van der Waals surface area (Å²) in [6, 6.07) is 8.97. The highest BCUT2D eigenvalue weighted by Crippen LogP contribution is 2.60. The Morgan fingerprint density at radius 3 is 2.40 bits per heavy atom. The van der Waals surface area contributed by atoms with E-state index in [0.717, 1.165) is 18.2 Å². The van der Waals surface area contributed by atoms with E-state index in [1.807, 2.05) is 0 Å². The molecule has 0 saturated heterocycles. The SMILES string of the molecule is O=C(COC1=CCC(Cl)C(F)=C1)NC12CC(NC(=O)C3CN(C(=O)c4ccc(OC(F)(F)F)cc4)c4cc(Cl)ccc4O3)(C1)C2. The highest BCUT2D eigenvalue weighted by molar-refractivity contribution is 6.31. The number of nitrogens with zero attached hydrogens (tertiary/aromatic N) is 1. The van der Waals surface area contributed by atoms with Gasteiger partial charge < -0.3 is 29.7 Å². The van der Waals surface area contributed by atoms with Gasteiger partial charge in [-0.2, -0.15) is 0 Å². The molecule has 0 aromatic heterocycles. The minimum atomic E-state index is -4.88. The highest BCUT2D eigenvalue weighted by Gasteiger charge is 2.69. The first-order valence-electron chi connectivity index (χ1n) is 13.8. The number of carbonyl (C=O) groups is 3. The Bertz CT molecular complexity index is 1590. The Morgan fingerprint density at radius 2 is 1.73 bits per heavy atom. The van der Waals surface area contributed by atoms with Crippen molar-refractivity contribution in [2.45, 2.75) is 54.6 Å². The van der Waals surface area contributed by atoms with Crippen molar-refractivity contribution < 1.29 is 46.2 Å². The van der Waals surface area contributed by atoms with Gasteiger partial charge in [0.15, 0.2) is 12.7 Å². The van der Waals surface area contributed by atoms with Crippen LogP contribution >= 0.6 is 23.2 Å². The van der Waals surface area contributed by atoms with Crippen molar-refractivity contribution in [2.24, 2.45) is 0 Å². The van der Waals surface area contributed by atoms with Crippen LogP contribution in [-0.2, 0) is 14.3 Å². The maximum Gasteiger partial charge on any atom is 0.573 e. The van der Waals surface area contributed by atoms with Gasteiger partial charge in [-0.1, -0.05) is 11.6 Å². The number of benzene rings is 2. The fourth-order valence-corrected chi connectivity index (χ4v) is 6.45. The van der Waals surface area contributed by atoms with Gasteiger partial charge in [-0.3, -0.25) is 14.4 Å². The number of alkyl halides is 4. The summed E-state index contributed by atoms with van der Waals surface area (Å²) in [5.74, 6) is -1.99. The zero-order chi connectivity index (χ0) is 32.1. The van der Waals surface area contributed by atoms with Crippen LogP contribution in [0, 0.1) is 0 Å². The topological polar surface area (TPSA) is 106 Å². The van der Waals surface area contributed by atoms with Gasteiger partial charge in [0, 0.05) is 27.7 Å². The van der Waals surface area contributed by atoms with Crippen molar-refractivity contribution in [1.82, 2.24) is 10.6 Å². The molecular weight excluding hydrogens is 645 g/mol. The lowest BCUT2D eigenvalue weighted by Gasteiger charge is -2.70. The molecule has 1 heterocycles. The maximum absolute atomic E-state index is 13.7. The number of allylic oxidation sites excluding steroid dienone is 3. The molecule has 7 rings (SSSR count). The van der Waals surface area contributed by atoms with Crippen LogP contribution in [0.1, 0.15) is 36.0 Å². The Kier molecular flexibility index (Phi) is 7.88. The summed E-state index contributed by atoms with van der Waals surface area (Å²) >= 11 is 11.9. The van der Waals surface area contributed by atoms with Crippen molar-refractivity contribution in [2.75, 3.05) is 18.1 Å². The second-order valence-electron chi connectivity index (χ2n) is 11.5. The summed E-state index contributed by atoms with van der Waals surface area (Å²) in [5.41, 5.74) is -0.684. The molecule has 2 aromatic rings. The summed E-state index contributed by atoms with van der Waals surface area (Å²) in [6.45, 7) is -0.492. The largest absolute Gasteiger partial charge is 0.573 e. The van der Waals surface area contributed by atoms with E-state index in [2.05, 4.69) is 15.4 Å². The number of hydrogen-bond donors (Lipinski definition) is 2. The molecule has 2 aromatic carbocycles. The molecule has 3 amide bonds.